The van der Waals surface area contributed by atoms with Gasteiger partial charge in [-0.2, -0.15) is 13.2 Å². The van der Waals surface area contributed by atoms with Crippen LogP contribution in [0.5, 0.6) is 0 Å². The SMILES string of the molecule is CCNC(C)CS(=O)(=O)c1ccccc1C(F)(F)F. The first-order valence-corrected chi connectivity index (χ1v) is 7.46. The van der Waals surface area contributed by atoms with Crippen LogP contribution in [-0.2, 0) is 16.0 Å². The van der Waals surface area contributed by atoms with Gasteiger partial charge in [-0.05, 0) is 25.6 Å². The minimum Gasteiger partial charge on any atom is -0.314 e. The monoisotopic (exact) mass is 295 g/mol. The lowest BCUT2D eigenvalue weighted by Crippen LogP contribution is -2.33. The van der Waals surface area contributed by atoms with Gasteiger partial charge < -0.3 is 5.32 Å². The molecule has 0 aliphatic carbocycles. The van der Waals surface area contributed by atoms with Gasteiger partial charge in [0.2, 0.25) is 0 Å². The molecule has 0 radical (unpaired) electrons. The second-order valence-electron chi connectivity index (χ2n) is 4.23. The number of halogens is 3. The quantitative estimate of drug-likeness (QED) is 0.907. The summed E-state index contributed by atoms with van der Waals surface area (Å²) in [6.45, 7) is 3.97. The Kier molecular flexibility index (Phi) is 4.98. The van der Waals surface area contributed by atoms with E-state index in [1.807, 2.05) is 0 Å². The fourth-order valence-corrected chi connectivity index (χ4v) is 3.56. The largest absolute Gasteiger partial charge is 0.417 e. The summed E-state index contributed by atoms with van der Waals surface area (Å²) in [5.41, 5.74) is -1.11. The Hall–Kier alpha value is -1.08. The summed E-state index contributed by atoms with van der Waals surface area (Å²) in [4.78, 5) is -0.660. The highest BCUT2D eigenvalue weighted by Crippen LogP contribution is 2.34. The highest BCUT2D eigenvalue weighted by atomic mass is 32.2. The maximum absolute atomic E-state index is 12.8. The Bertz CT molecular complexity index is 526. The van der Waals surface area contributed by atoms with Gasteiger partial charge in [0.25, 0.3) is 0 Å². The van der Waals surface area contributed by atoms with Crippen LogP contribution in [-0.4, -0.2) is 26.8 Å². The molecule has 0 bridgehead atoms. The van der Waals surface area contributed by atoms with Gasteiger partial charge in [0.05, 0.1) is 16.2 Å². The Morgan fingerprint density at radius 1 is 1.26 bits per heavy atom. The second kappa shape index (κ2) is 5.92. The van der Waals surface area contributed by atoms with Crippen molar-refractivity contribution in [3.8, 4) is 0 Å². The van der Waals surface area contributed by atoms with Crippen LogP contribution >= 0.6 is 0 Å². The minimum atomic E-state index is -4.68. The second-order valence-corrected chi connectivity index (χ2v) is 6.24. The third-order valence-corrected chi connectivity index (χ3v) is 4.51. The van der Waals surface area contributed by atoms with E-state index in [0.717, 1.165) is 12.1 Å². The molecule has 1 unspecified atom stereocenters. The minimum absolute atomic E-state index is 0.367. The predicted molar refractivity (Wildman–Crippen MR) is 66.6 cm³/mol. The zero-order valence-electron chi connectivity index (χ0n) is 10.7. The molecule has 0 heterocycles. The lowest BCUT2D eigenvalue weighted by Gasteiger charge is -2.16. The number of alkyl halides is 3. The van der Waals surface area contributed by atoms with E-state index < -0.39 is 32.5 Å². The van der Waals surface area contributed by atoms with Gasteiger partial charge >= 0.3 is 6.18 Å². The number of rotatable bonds is 5. The molecule has 1 aromatic carbocycles. The van der Waals surface area contributed by atoms with Gasteiger partial charge in [0.15, 0.2) is 9.84 Å². The van der Waals surface area contributed by atoms with Crippen LogP contribution in [0.25, 0.3) is 0 Å². The number of benzene rings is 1. The molecule has 1 N–H and O–H groups in total. The molecule has 0 aliphatic rings. The van der Waals surface area contributed by atoms with E-state index >= 15 is 0 Å². The van der Waals surface area contributed by atoms with E-state index in [4.69, 9.17) is 0 Å². The summed E-state index contributed by atoms with van der Waals surface area (Å²) in [6, 6.07) is 3.84. The molecule has 1 rings (SSSR count). The molecule has 0 aliphatic heterocycles. The Labute approximate surface area is 110 Å². The van der Waals surface area contributed by atoms with Gasteiger partial charge in [-0.25, -0.2) is 8.42 Å². The van der Waals surface area contributed by atoms with Crippen LogP contribution in [0.2, 0.25) is 0 Å². The van der Waals surface area contributed by atoms with Crippen molar-refractivity contribution in [1.29, 1.82) is 0 Å². The number of hydrogen-bond acceptors (Lipinski definition) is 3. The van der Waals surface area contributed by atoms with Crippen LogP contribution in [0.1, 0.15) is 19.4 Å². The molecule has 0 spiro atoms. The fourth-order valence-electron chi connectivity index (χ4n) is 1.80. The summed E-state index contributed by atoms with van der Waals surface area (Å²) < 4.78 is 62.4. The maximum Gasteiger partial charge on any atom is 0.417 e. The smallest absolute Gasteiger partial charge is 0.314 e. The average Bonchev–Trinajstić information content (AvgIpc) is 2.27. The van der Waals surface area contributed by atoms with Crippen molar-refractivity contribution < 1.29 is 21.6 Å². The summed E-state index contributed by atoms with van der Waals surface area (Å²) >= 11 is 0. The molecule has 0 amide bonds. The molecule has 1 atom stereocenters. The fraction of sp³-hybridized carbons (Fsp3) is 0.500. The number of hydrogen-bond donors (Lipinski definition) is 1. The third-order valence-electron chi connectivity index (χ3n) is 2.55. The third kappa shape index (κ3) is 4.21. The summed E-state index contributed by atoms with van der Waals surface area (Å²) in [5.74, 6) is -0.367. The van der Waals surface area contributed by atoms with Crippen molar-refractivity contribution in [2.45, 2.75) is 31.0 Å². The molecule has 108 valence electrons. The first-order chi connectivity index (χ1) is 8.68. The van der Waals surface area contributed by atoms with Gasteiger partial charge in [-0.1, -0.05) is 19.1 Å². The summed E-state index contributed by atoms with van der Waals surface area (Å²) in [6.07, 6.45) is -4.68. The van der Waals surface area contributed by atoms with Gasteiger partial charge in [-0.15, -0.1) is 0 Å². The van der Waals surface area contributed by atoms with E-state index in [2.05, 4.69) is 5.32 Å². The lowest BCUT2D eigenvalue weighted by atomic mass is 10.2. The zero-order chi connectivity index (χ0) is 14.7. The predicted octanol–water partition coefficient (Wildman–Crippen LogP) is 2.48. The molecule has 0 fully saturated rings. The zero-order valence-corrected chi connectivity index (χ0v) is 11.5. The van der Waals surface area contributed by atoms with E-state index in [-0.39, 0.29) is 5.75 Å². The van der Waals surface area contributed by atoms with E-state index in [9.17, 15) is 21.6 Å². The van der Waals surface area contributed by atoms with Crippen LogP contribution < -0.4 is 5.32 Å². The van der Waals surface area contributed by atoms with E-state index in [0.29, 0.717) is 6.54 Å². The molecule has 7 heteroatoms. The van der Waals surface area contributed by atoms with Crippen molar-refractivity contribution >= 4 is 9.84 Å². The Balaban J connectivity index is 3.16. The van der Waals surface area contributed by atoms with Gasteiger partial charge in [-0.3, -0.25) is 0 Å². The molecule has 0 saturated heterocycles. The molecular weight excluding hydrogens is 279 g/mol. The highest BCUT2D eigenvalue weighted by Gasteiger charge is 2.36. The molecule has 0 saturated carbocycles. The van der Waals surface area contributed by atoms with Crippen molar-refractivity contribution in [3.63, 3.8) is 0 Å². The van der Waals surface area contributed by atoms with Crippen LogP contribution in [0.4, 0.5) is 13.2 Å². The number of nitrogens with one attached hydrogen (secondary N) is 1. The van der Waals surface area contributed by atoms with Crippen LogP contribution in [0.15, 0.2) is 29.2 Å². The van der Waals surface area contributed by atoms with Crippen molar-refractivity contribution in [3.05, 3.63) is 29.8 Å². The number of sulfone groups is 1. The maximum atomic E-state index is 12.8. The van der Waals surface area contributed by atoms with Gasteiger partial charge in [0, 0.05) is 6.04 Å². The molecule has 0 aromatic heterocycles. The molecule has 1 aromatic rings. The lowest BCUT2D eigenvalue weighted by molar-refractivity contribution is -0.139. The molecule has 3 nitrogen and oxygen atoms in total. The molecule has 19 heavy (non-hydrogen) atoms. The van der Waals surface area contributed by atoms with Crippen LogP contribution in [0.3, 0.4) is 0 Å². The topological polar surface area (TPSA) is 46.2 Å². The van der Waals surface area contributed by atoms with E-state index in [1.54, 1.807) is 13.8 Å². The molecular formula is C12H16F3NO2S. The average molecular weight is 295 g/mol. The Morgan fingerprint density at radius 3 is 2.37 bits per heavy atom. The summed E-state index contributed by atoms with van der Waals surface area (Å²) in [5, 5.41) is 2.87. The van der Waals surface area contributed by atoms with Crippen molar-refractivity contribution in [2.75, 3.05) is 12.3 Å². The Morgan fingerprint density at radius 2 is 1.84 bits per heavy atom. The van der Waals surface area contributed by atoms with Crippen molar-refractivity contribution in [1.82, 2.24) is 5.32 Å². The normalized spacial score (nSPS) is 14.4. The highest BCUT2D eigenvalue weighted by molar-refractivity contribution is 7.91. The standard InChI is InChI=1S/C12H16F3NO2S/c1-3-16-9(2)8-19(17,18)11-7-5-4-6-10(11)12(13,14)15/h4-7,9,16H,3,8H2,1-2H3. The van der Waals surface area contributed by atoms with E-state index in [1.165, 1.54) is 12.1 Å². The first kappa shape index (κ1) is 16.0. The van der Waals surface area contributed by atoms with Crippen molar-refractivity contribution in [2.24, 2.45) is 0 Å². The van der Waals surface area contributed by atoms with Crippen LogP contribution in [0, 0.1) is 0 Å². The first-order valence-electron chi connectivity index (χ1n) is 5.81. The summed E-state index contributed by atoms with van der Waals surface area (Å²) in [7, 11) is -3.98. The van der Waals surface area contributed by atoms with Gasteiger partial charge in [0.1, 0.15) is 0 Å².